The number of imidazole rings is 1. The van der Waals surface area contributed by atoms with E-state index < -0.39 is 0 Å². The van der Waals surface area contributed by atoms with Crippen molar-refractivity contribution < 1.29 is 0 Å². The van der Waals surface area contributed by atoms with Crippen LogP contribution in [0.3, 0.4) is 0 Å². The molecule has 3 heterocycles. The summed E-state index contributed by atoms with van der Waals surface area (Å²) in [6.07, 6.45) is 8.09. The molecule has 19 heavy (non-hydrogen) atoms. The van der Waals surface area contributed by atoms with Crippen molar-refractivity contribution in [2.75, 3.05) is 13.1 Å². The molecule has 0 saturated carbocycles. The first kappa shape index (κ1) is 12.4. The normalized spacial score (nSPS) is 23.1. The molecule has 5 nitrogen and oxygen atoms in total. The Morgan fingerprint density at radius 2 is 2.37 bits per heavy atom. The molecular weight excluding hydrogens is 238 g/mol. The summed E-state index contributed by atoms with van der Waals surface area (Å²) in [6.45, 7) is 5.41. The van der Waals surface area contributed by atoms with E-state index in [0.717, 1.165) is 31.7 Å². The van der Waals surface area contributed by atoms with Crippen molar-refractivity contribution in [1.82, 2.24) is 24.6 Å². The van der Waals surface area contributed by atoms with Crippen LogP contribution in [0.1, 0.15) is 24.7 Å². The number of nitrogens with one attached hydrogen (secondary N) is 1. The molecular formula is C14H21N5. The lowest BCUT2D eigenvalue weighted by molar-refractivity contribution is 0.471. The molecule has 1 unspecified atom stereocenters. The van der Waals surface area contributed by atoms with E-state index in [1.165, 1.54) is 12.1 Å². The zero-order valence-electron chi connectivity index (χ0n) is 11.6. The predicted molar refractivity (Wildman–Crippen MR) is 74.0 cm³/mol. The van der Waals surface area contributed by atoms with Crippen molar-refractivity contribution in [3.63, 3.8) is 0 Å². The highest BCUT2D eigenvalue weighted by molar-refractivity contribution is 5.17. The minimum atomic E-state index is 0.223. The molecule has 2 aromatic heterocycles. The van der Waals surface area contributed by atoms with Gasteiger partial charge in [-0.15, -0.1) is 0 Å². The highest BCUT2D eigenvalue weighted by Crippen LogP contribution is 2.29. The summed E-state index contributed by atoms with van der Waals surface area (Å²) in [6, 6.07) is 2.08. The Morgan fingerprint density at radius 3 is 3.05 bits per heavy atom. The van der Waals surface area contributed by atoms with Crippen molar-refractivity contribution in [1.29, 1.82) is 0 Å². The Kier molecular flexibility index (Phi) is 3.14. The largest absolute Gasteiger partial charge is 0.334 e. The third-order valence-corrected chi connectivity index (χ3v) is 4.08. The molecule has 102 valence electrons. The Hall–Kier alpha value is -1.62. The van der Waals surface area contributed by atoms with Crippen molar-refractivity contribution in [3.8, 4) is 0 Å². The van der Waals surface area contributed by atoms with Crippen LogP contribution in [0, 0.1) is 0 Å². The fraction of sp³-hybridized carbons (Fsp3) is 0.571. The molecule has 0 amide bonds. The summed E-state index contributed by atoms with van der Waals surface area (Å²) in [5.74, 6) is 0. The standard InChI is InChI=1S/C14H21N5/c1-14(5-6-15-10-14)13-9-16-11-19(13)8-4-12-3-7-18(2)17-12/h3,7,9,11,15H,4-6,8,10H2,1-2H3. The zero-order valence-corrected chi connectivity index (χ0v) is 11.6. The number of hydrogen-bond acceptors (Lipinski definition) is 3. The second-order valence-electron chi connectivity index (χ2n) is 5.69. The first-order valence-electron chi connectivity index (χ1n) is 6.87. The van der Waals surface area contributed by atoms with Crippen molar-refractivity contribution in [2.45, 2.75) is 31.7 Å². The molecule has 0 spiro atoms. The van der Waals surface area contributed by atoms with Gasteiger partial charge in [-0.1, -0.05) is 6.92 Å². The summed E-state index contributed by atoms with van der Waals surface area (Å²) in [4.78, 5) is 4.34. The summed E-state index contributed by atoms with van der Waals surface area (Å²) in [5.41, 5.74) is 2.70. The van der Waals surface area contributed by atoms with E-state index in [1.807, 2.05) is 30.5 Å². The van der Waals surface area contributed by atoms with Crippen molar-refractivity contribution >= 4 is 0 Å². The predicted octanol–water partition coefficient (Wildman–Crippen LogP) is 1.11. The van der Waals surface area contributed by atoms with Gasteiger partial charge in [0.2, 0.25) is 0 Å². The maximum absolute atomic E-state index is 4.43. The zero-order chi connectivity index (χ0) is 13.3. The van der Waals surface area contributed by atoms with E-state index in [4.69, 9.17) is 0 Å². The minimum Gasteiger partial charge on any atom is -0.334 e. The van der Waals surface area contributed by atoms with E-state index in [-0.39, 0.29) is 5.41 Å². The van der Waals surface area contributed by atoms with Crippen LogP contribution in [0.4, 0.5) is 0 Å². The van der Waals surface area contributed by atoms with E-state index in [1.54, 1.807) is 0 Å². The Morgan fingerprint density at radius 1 is 1.47 bits per heavy atom. The molecule has 5 heteroatoms. The number of nitrogens with zero attached hydrogens (tertiary/aromatic N) is 4. The van der Waals surface area contributed by atoms with Gasteiger partial charge in [0.15, 0.2) is 0 Å². The summed E-state index contributed by atoms with van der Waals surface area (Å²) < 4.78 is 4.13. The van der Waals surface area contributed by atoms with E-state index in [9.17, 15) is 0 Å². The summed E-state index contributed by atoms with van der Waals surface area (Å²) in [7, 11) is 1.96. The molecule has 3 rings (SSSR count). The lowest BCUT2D eigenvalue weighted by Crippen LogP contribution is -2.28. The maximum Gasteiger partial charge on any atom is 0.0948 e. The third kappa shape index (κ3) is 2.42. The van der Waals surface area contributed by atoms with Crippen LogP contribution in [-0.4, -0.2) is 32.4 Å². The van der Waals surface area contributed by atoms with Gasteiger partial charge in [0.1, 0.15) is 0 Å². The Labute approximate surface area is 113 Å². The molecule has 1 aliphatic rings. The van der Waals surface area contributed by atoms with Crippen LogP contribution in [-0.2, 0) is 25.4 Å². The van der Waals surface area contributed by atoms with Gasteiger partial charge in [-0.3, -0.25) is 4.68 Å². The molecule has 1 fully saturated rings. The molecule has 1 aliphatic heterocycles. The summed E-state index contributed by atoms with van der Waals surface area (Å²) in [5, 5.41) is 7.87. The van der Waals surface area contributed by atoms with Crippen molar-refractivity contribution in [2.24, 2.45) is 7.05 Å². The van der Waals surface area contributed by atoms with Crippen LogP contribution in [0.2, 0.25) is 0 Å². The molecule has 0 aliphatic carbocycles. The van der Waals surface area contributed by atoms with E-state index in [2.05, 4.69) is 33.0 Å². The second-order valence-corrected chi connectivity index (χ2v) is 5.69. The monoisotopic (exact) mass is 259 g/mol. The fourth-order valence-corrected chi connectivity index (χ4v) is 2.87. The number of aromatic nitrogens is 4. The van der Waals surface area contributed by atoms with E-state index >= 15 is 0 Å². The van der Waals surface area contributed by atoms with Gasteiger partial charge < -0.3 is 9.88 Å². The first-order valence-corrected chi connectivity index (χ1v) is 6.87. The van der Waals surface area contributed by atoms with Crippen molar-refractivity contribution in [3.05, 3.63) is 36.2 Å². The average Bonchev–Trinajstić information content (AvgIpc) is 3.07. The quantitative estimate of drug-likeness (QED) is 0.895. The van der Waals surface area contributed by atoms with Crippen LogP contribution < -0.4 is 5.32 Å². The van der Waals surface area contributed by atoms with E-state index in [0.29, 0.717) is 0 Å². The summed E-state index contributed by atoms with van der Waals surface area (Å²) >= 11 is 0. The maximum atomic E-state index is 4.43. The molecule has 0 radical (unpaired) electrons. The number of hydrogen-bond donors (Lipinski definition) is 1. The van der Waals surface area contributed by atoms with Crippen LogP contribution in [0.5, 0.6) is 0 Å². The van der Waals surface area contributed by atoms with Crippen LogP contribution >= 0.6 is 0 Å². The molecule has 1 saturated heterocycles. The van der Waals surface area contributed by atoms with Gasteiger partial charge >= 0.3 is 0 Å². The highest BCUT2D eigenvalue weighted by Gasteiger charge is 2.33. The average molecular weight is 259 g/mol. The smallest absolute Gasteiger partial charge is 0.0948 e. The van der Waals surface area contributed by atoms with Crippen LogP contribution in [0.15, 0.2) is 24.8 Å². The number of aryl methyl sites for hydroxylation is 3. The van der Waals surface area contributed by atoms with Gasteiger partial charge in [0, 0.05) is 50.1 Å². The first-order chi connectivity index (χ1) is 9.17. The third-order valence-electron chi connectivity index (χ3n) is 4.08. The van der Waals surface area contributed by atoms with Gasteiger partial charge in [0.25, 0.3) is 0 Å². The highest BCUT2D eigenvalue weighted by atomic mass is 15.2. The number of rotatable bonds is 4. The van der Waals surface area contributed by atoms with Crippen LogP contribution in [0.25, 0.3) is 0 Å². The second kappa shape index (κ2) is 4.81. The lowest BCUT2D eigenvalue weighted by atomic mass is 9.86. The lowest BCUT2D eigenvalue weighted by Gasteiger charge is -2.24. The Balaban J connectivity index is 1.73. The molecule has 1 N–H and O–H groups in total. The minimum absolute atomic E-state index is 0.223. The van der Waals surface area contributed by atoms with Gasteiger partial charge in [-0.2, -0.15) is 5.10 Å². The van der Waals surface area contributed by atoms with Gasteiger partial charge in [-0.25, -0.2) is 4.98 Å². The molecule has 0 bridgehead atoms. The SMILES string of the molecule is Cn1ccc(CCn2cncc2C2(C)CCNC2)n1. The molecule has 2 aromatic rings. The molecule has 0 aromatic carbocycles. The molecule has 1 atom stereocenters. The topological polar surface area (TPSA) is 47.7 Å². The van der Waals surface area contributed by atoms with Gasteiger partial charge in [-0.05, 0) is 19.0 Å². The van der Waals surface area contributed by atoms with Gasteiger partial charge in [0.05, 0.1) is 12.0 Å². The Bertz CT molecular complexity index is 548. The fourth-order valence-electron chi connectivity index (χ4n) is 2.87.